The van der Waals surface area contributed by atoms with E-state index in [4.69, 9.17) is 4.42 Å². The van der Waals surface area contributed by atoms with Crippen LogP contribution < -0.4 is 0 Å². The standard InChI is InChI=1S/C19H19NO/c1-2-8-15(9-3-1)19(20-12-6-7-13-20)18-14-16-10-4-5-11-17(16)21-18/h1-5,8-11,14,19H,6-7,12-13H2. The van der Waals surface area contributed by atoms with Crippen LogP contribution in [0.4, 0.5) is 0 Å². The lowest BCUT2D eigenvalue weighted by Crippen LogP contribution is -2.26. The molecule has 0 saturated carbocycles. The van der Waals surface area contributed by atoms with Gasteiger partial charge in [0.15, 0.2) is 0 Å². The first kappa shape index (κ1) is 12.7. The minimum absolute atomic E-state index is 0.237. The van der Waals surface area contributed by atoms with Crippen LogP contribution in [0.25, 0.3) is 11.0 Å². The molecule has 3 aromatic rings. The van der Waals surface area contributed by atoms with E-state index in [1.165, 1.54) is 23.8 Å². The summed E-state index contributed by atoms with van der Waals surface area (Å²) in [5.41, 5.74) is 2.30. The molecule has 2 aromatic carbocycles. The molecule has 1 fully saturated rings. The van der Waals surface area contributed by atoms with E-state index in [9.17, 15) is 0 Å². The molecule has 0 N–H and O–H groups in total. The molecule has 2 nitrogen and oxygen atoms in total. The summed E-state index contributed by atoms with van der Waals surface area (Å²) in [6.07, 6.45) is 2.56. The van der Waals surface area contributed by atoms with E-state index < -0.39 is 0 Å². The van der Waals surface area contributed by atoms with E-state index in [-0.39, 0.29) is 6.04 Å². The predicted octanol–water partition coefficient (Wildman–Crippen LogP) is 4.62. The van der Waals surface area contributed by atoms with Gasteiger partial charge in [0.25, 0.3) is 0 Å². The van der Waals surface area contributed by atoms with Crippen LogP contribution in [0.5, 0.6) is 0 Å². The highest BCUT2D eigenvalue weighted by Gasteiger charge is 2.27. The Morgan fingerprint density at radius 1 is 0.857 bits per heavy atom. The highest BCUT2D eigenvalue weighted by atomic mass is 16.3. The molecular formula is C19H19NO. The average Bonchev–Trinajstić information content (AvgIpc) is 3.18. The van der Waals surface area contributed by atoms with Gasteiger partial charge in [0, 0.05) is 5.39 Å². The quantitative estimate of drug-likeness (QED) is 0.694. The Kier molecular flexibility index (Phi) is 3.24. The molecular weight excluding hydrogens is 258 g/mol. The number of likely N-dealkylation sites (tertiary alicyclic amines) is 1. The lowest BCUT2D eigenvalue weighted by Gasteiger charge is -2.26. The molecule has 4 rings (SSSR count). The highest BCUT2D eigenvalue weighted by molar-refractivity contribution is 5.78. The van der Waals surface area contributed by atoms with Crippen LogP contribution in [-0.2, 0) is 0 Å². The Morgan fingerprint density at radius 3 is 2.33 bits per heavy atom. The summed E-state index contributed by atoms with van der Waals surface area (Å²) in [5.74, 6) is 1.06. The SMILES string of the molecule is c1ccc(C(c2cc3ccccc3o2)N2CCCC2)cc1. The van der Waals surface area contributed by atoms with Crippen molar-refractivity contribution in [2.45, 2.75) is 18.9 Å². The number of benzene rings is 2. The number of furan rings is 1. The fraction of sp³-hybridized carbons (Fsp3) is 0.263. The van der Waals surface area contributed by atoms with Gasteiger partial charge in [-0.1, -0.05) is 48.5 Å². The molecule has 0 amide bonds. The molecule has 0 bridgehead atoms. The maximum absolute atomic E-state index is 6.16. The summed E-state index contributed by atoms with van der Waals surface area (Å²) in [4.78, 5) is 2.53. The number of hydrogen-bond acceptors (Lipinski definition) is 2. The van der Waals surface area contributed by atoms with Gasteiger partial charge in [-0.3, -0.25) is 4.90 Å². The zero-order valence-corrected chi connectivity index (χ0v) is 12.0. The van der Waals surface area contributed by atoms with E-state index in [2.05, 4.69) is 53.4 Å². The lowest BCUT2D eigenvalue weighted by molar-refractivity contribution is 0.252. The minimum atomic E-state index is 0.237. The molecule has 1 saturated heterocycles. The van der Waals surface area contributed by atoms with E-state index in [1.807, 2.05) is 12.1 Å². The molecule has 2 heteroatoms. The molecule has 2 heterocycles. The van der Waals surface area contributed by atoms with Crippen molar-refractivity contribution in [3.8, 4) is 0 Å². The van der Waals surface area contributed by atoms with Gasteiger partial charge in [-0.15, -0.1) is 0 Å². The summed E-state index contributed by atoms with van der Waals surface area (Å²) in [7, 11) is 0. The van der Waals surface area contributed by atoms with Gasteiger partial charge in [-0.25, -0.2) is 0 Å². The van der Waals surface area contributed by atoms with Crippen LogP contribution in [0.1, 0.15) is 30.2 Å². The van der Waals surface area contributed by atoms with Crippen molar-refractivity contribution in [3.63, 3.8) is 0 Å². The van der Waals surface area contributed by atoms with Crippen LogP contribution in [0.3, 0.4) is 0 Å². The molecule has 1 aliphatic rings. The van der Waals surface area contributed by atoms with Crippen LogP contribution in [-0.4, -0.2) is 18.0 Å². The van der Waals surface area contributed by atoms with Gasteiger partial charge in [-0.05, 0) is 43.6 Å². The predicted molar refractivity (Wildman–Crippen MR) is 85.3 cm³/mol. The largest absolute Gasteiger partial charge is 0.459 e. The number of hydrogen-bond donors (Lipinski definition) is 0. The molecule has 1 aliphatic heterocycles. The van der Waals surface area contributed by atoms with Crippen molar-refractivity contribution in [1.29, 1.82) is 0 Å². The van der Waals surface area contributed by atoms with Crippen molar-refractivity contribution in [1.82, 2.24) is 4.90 Å². The molecule has 1 atom stereocenters. The second-order valence-electron chi connectivity index (χ2n) is 5.74. The Hall–Kier alpha value is -2.06. The van der Waals surface area contributed by atoms with Crippen molar-refractivity contribution in [2.24, 2.45) is 0 Å². The summed E-state index contributed by atoms with van der Waals surface area (Å²) in [5, 5.41) is 1.19. The molecule has 0 spiro atoms. The first-order chi connectivity index (χ1) is 10.4. The monoisotopic (exact) mass is 277 g/mol. The van der Waals surface area contributed by atoms with E-state index in [1.54, 1.807) is 0 Å². The van der Waals surface area contributed by atoms with Crippen LogP contribution in [0, 0.1) is 0 Å². The van der Waals surface area contributed by atoms with Crippen molar-refractivity contribution in [3.05, 3.63) is 72.0 Å². The first-order valence-electron chi connectivity index (χ1n) is 7.69. The van der Waals surface area contributed by atoms with Gasteiger partial charge in [-0.2, -0.15) is 0 Å². The third-order valence-electron chi connectivity index (χ3n) is 4.34. The second kappa shape index (κ2) is 5.38. The Labute approximate surface area is 125 Å². The van der Waals surface area contributed by atoms with Gasteiger partial charge >= 0.3 is 0 Å². The lowest BCUT2D eigenvalue weighted by atomic mass is 10.0. The van der Waals surface area contributed by atoms with E-state index in [0.717, 1.165) is 24.4 Å². The summed E-state index contributed by atoms with van der Waals surface area (Å²) in [6.45, 7) is 2.30. The molecule has 0 aliphatic carbocycles. The molecule has 1 aromatic heterocycles. The van der Waals surface area contributed by atoms with Crippen LogP contribution >= 0.6 is 0 Å². The Balaban J connectivity index is 1.81. The molecule has 0 radical (unpaired) electrons. The van der Waals surface area contributed by atoms with Crippen molar-refractivity contribution >= 4 is 11.0 Å². The molecule has 21 heavy (non-hydrogen) atoms. The van der Waals surface area contributed by atoms with Gasteiger partial charge in [0.1, 0.15) is 11.3 Å². The average molecular weight is 277 g/mol. The van der Waals surface area contributed by atoms with Crippen molar-refractivity contribution < 1.29 is 4.42 Å². The van der Waals surface area contributed by atoms with Crippen LogP contribution in [0.2, 0.25) is 0 Å². The first-order valence-corrected chi connectivity index (χ1v) is 7.69. The normalized spacial score (nSPS) is 17.3. The number of rotatable bonds is 3. The maximum Gasteiger partial charge on any atom is 0.134 e. The summed E-state index contributed by atoms with van der Waals surface area (Å²) < 4.78 is 6.16. The topological polar surface area (TPSA) is 16.4 Å². The summed E-state index contributed by atoms with van der Waals surface area (Å²) >= 11 is 0. The zero-order chi connectivity index (χ0) is 14.1. The number of fused-ring (bicyclic) bond motifs is 1. The smallest absolute Gasteiger partial charge is 0.134 e. The summed E-state index contributed by atoms with van der Waals surface area (Å²) in [6, 6.07) is 21.4. The van der Waals surface area contributed by atoms with Crippen LogP contribution in [0.15, 0.2) is 65.1 Å². The Bertz CT molecular complexity index is 692. The van der Waals surface area contributed by atoms with E-state index >= 15 is 0 Å². The second-order valence-corrected chi connectivity index (χ2v) is 5.74. The van der Waals surface area contributed by atoms with Gasteiger partial charge in [0.2, 0.25) is 0 Å². The Morgan fingerprint density at radius 2 is 1.57 bits per heavy atom. The maximum atomic E-state index is 6.16. The van der Waals surface area contributed by atoms with Crippen molar-refractivity contribution in [2.75, 3.05) is 13.1 Å². The number of para-hydroxylation sites is 1. The minimum Gasteiger partial charge on any atom is -0.459 e. The van der Waals surface area contributed by atoms with E-state index in [0.29, 0.717) is 0 Å². The third-order valence-corrected chi connectivity index (χ3v) is 4.34. The third kappa shape index (κ3) is 2.36. The molecule has 106 valence electrons. The molecule has 1 unspecified atom stereocenters. The fourth-order valence-electron chi connectivity index (χ4n) is 3.33. The highest BCUT2D eigenvalue weighted by Crippen LogP contribution is 2.34. The zero-order valence-electron chi connectivity index (χ0n) is 12.0. The fourth-order valence-corrected chi connectivity index (χ4v) is 3.33. The van der Waals surface area contributed by atoms with Gasteiger partial charge in [0.05, 0.1) is 6.04 Å². The number of nitrogens with zero attached hydrogens (tertiary/aromatic N) is 1. The van der Waals surface area contributed by atoms with Gasteiger partial charge < -0.3 is 4.42 Å².